The predicted molar refractivity (Wildman–Crippen MR) is 113 cm³/mol. The molecule has 1 aliphatic rings. The van der Waals surface area contributed by atoms with Crippen molar-refractivity contribution in [3.63, 3.8) is 0 Å². The molecule has 0 bridgehead atoms. The SMILES string of the molecule is CCCN1C(=O)C(C#N)=C(C)/C(=C\c2ccc(-c3cccc(C(=O)OCC)c3)o2)C1=O. The van der Waals surface area contributed by atoms with Crippen LogP contribution in [0.5, 0.6) is 0 Å². The van der Waals surface area contributed by atoms with Crippen LogP contribution in [0.2, 0.25) is 0 Å². The number of ether oxygens (including phenoxy) is 1. The van der Waals surface area contributed by atoms with Gasteiger partial charge in [0, 0.05) is 17.7 Å². The van der Waals surface area contributed by atoms with E-state index in [-0.39, 0.29) is 24.3 Å². The Morgan fingerprint density at radius 2 is 1.97 bits per heavy atom. The van der Waals surface area contributed by atoms with E-state index >= 15 is 0 Å². The summed E-state index contributed by atoms with van der Waals surface area (Å²) in [6.45, 7) is 5.69. The zero-order chi connectivity index (χ0) is 22.5. The number of nitrogens with zero attached hydrogens (tertiary/aromatic N) is 2. The highest BCUT2D eigenvalue weighted by molar-refractivity contribution is 6.19. The second-order valence-corrected chi connectivity index (χ2v) is 6.94. The van der Waals surface area contributed by atoms with E-state index in [4.69, 9.17) is 9.15 Å². The van der Waals surface area contributed by atoms with Crippen LogP contribution >= 0.6 is 0 Å². The summed E-state index contributed by atoms with van der Waals surface area (Å²) in [5.41, 5.74) is 1.60. The number of hydrogen-bond acceptors (Lipinski definition) is 6. The molecule has 0 unspecified atom stereocenters. The summed E-state index contributed by atoms with van der Waals surface area (Å²) in [5, 5.41) is 9.39. The summed E-state index contributed by atoms with van der Waals surface area (Å²) in [6, 6.07) is 12.2. The minimum atomic E-state index is -0.570. The topological polar surface area (TPSA) is 101 Å². The molecule has 0 saturated heterocycles. The molecule has 2 aromatic rings. The van der Waals surface area contributed by atoms with Gasteiger partial charge >= 0.3 is 5.97 Å². The fourth-order valence-corrected chi connectivity index (χ4v) is 3.30. The van der Waals surface area contributed by atoms with Crippen molar-refractivity contribution in [3.05, 3.63) is 64.4 Å². The summed E-state index contributed by atoms with van der Waals surface area (Å²) < 4.78 is 10.9. The number of benzene rings is 1. The van der Waals surface area contributed by atoms with Crippen molar-refractivity contribution in [2.45, 2.75) is 27.2 Å². The maximum absolute atomic E-state index is 12.9. The first-order valence-corrected chi connectivity index (χ1v) is 9.97. The van der Waals surface area contributed by atoms with Gasteiger partial charge in [0.1, 0.15) is 23.2 Å². The highest BCUT2D eigenvalue weighted by Crippen LogP contribution is 2.29. The zero-order valence-electron chi connectivity index (χ0n) is 17.6. The van der Waals surface area contributed by atoms with Gasteiger partial charge in [0.25, 0.3) is 11.8 Å². The third kappa shape index (κ3) is 4.33. The second kappa shape index (κ2) is 9.26. The van der Waals surface area contributed by atoms with Crippen LogP contribution in [0.4, 0.5) is 0 Å². The maximum atomic E-state index is 12.9. The van der Waals surface area contributed by atoms with Gasteiger partial charge in [-0.05, 0) is 56.2 Å². The number of imide groups is 1. The molecule has 0 aliphatic carbocycles. The Labute approximate surface area is 180 Å². The van der Waals surface area contributed by atoms with Crippen molar-refractivity contribution in [3.8, 4) is 17.4 Å². The fraction of sp³-hybridized carbons (Fsp3) is 0.250. The monoisotopic (exact) mass is 418 g/mol. The Bertz CT molecular complexity index is 1150. The predicted octanol–water partition coefficient (Wildman–Crippen LogP) is 4.13. The minimum Gasteiger partial charge on any atom is -0.462 e. The molecule has 0 fully saturated rings. The van der Waals surface area contributed by atoms with Crippen LogP contribution in [-0.4, -0.2) is 35.8 Å². The van der Waals surface area contributed by atoms with Crippen molar-refractivity contribution in [2.24, 2.45) is 0 Å². The normalized spacial score (nSPS) is 15.4. The summed E-state index contributed by atoms with van der Waals surface area (Å²) in [4.78, 5) is 38.3. The molecule has 31 heavy (non-hydrogen) atoms. The Morgan fingerprint density at radius 3 is 2.65 bits per heavy atom. The van der Waals surface area contributed by atoms with Crippen molar-refractivity contribution in [2.75, 3.05) is 13.2 Å². The number of furan rings is 1. The van der Waals surface area contributed by atoms with Gasteiger partial charge in [-0.2, -0.15) is 5.26 Å². The van der Waals surface area contributed by atoms with E-state index in [1.54, 1.807) is 50.2 Å². The first-order valence-electron chi connectivity index (χ1n) is 9.97. The number of amides is 2. The van der Waals surface area contributed by atoms with Crippen molar-refractivity contribution >= 4 is 23.9 Å². The number of carbonyl (C=O) groups excluding carboxylic acids is 3. The zero-order valence-corrected chi connectivity index (χ0v) is 17.6. The third-order valence-electron chi connectivity index (χ3n) is 4.84. The lowest BCUT2D eigenvalue weighted by Gasteiger charge is -2.26. The Hall–Kier alpha value is -3.92. The van der Waals surface area contributed by atoms with Crippen LogP contribution in [-0.2, 0) is 14.3 Å². The van der Waals surface area contributed by atoms with E-state index in [0.29, 0.717) is 34.6 Å². The van der Waals surface area contributed by atoms with Crippen molar-refractivity contribution in [1.29, 1.82) is 5.26 Å². The minimum absolute atomic E-state index is 0.0479. The molecular weight excluding hydrogens is 396 g/mol. The van der Waals surface area contributed by atoms with Gasteiger partial charge < -0.3 is 9.15 Å². The number of esters is 1. The molecule has 7 heteroatoms. The molecule has 1 aromatic heterocycles. The van der Waals surface area contributed by atoms with Gasteiger partial charge in [0.2, 0.25) is 0 Å². The second-order valence-electron chi connectivity index (χ2n) is 6.94. The highest BCUT2D eigenvalue weighted by atomic mass is 16.5. The van der Waals surface area contributed by atoms with E-state index in [9.17, 15) is 19.6 Å². The van der Waals surface area contributed by atoms with Crippen LogP contribution in [0.1, 0.15) is 43.3 Å². The lowest BCUT2D eigenvalue weighted by atomic mass is 9.94. The molecule has 3 rings (SSSR count). The van der Waals surface area contributed by atoms with Gasteiger partial charge in [-0.3, -0.25) is 14.5 Å². The number of carbonyl (C=O) groups is 3. The molecule has 1 aromatic carbocycles. The molecule has 0 N–H and O–H groups in total. The number of nitriles is 1. The van der Waals surface area contributed by atoms with Crippen molar-refractivity contribution < 1.29 is 23.5 Å². The Balaban J connectivity index is 1.97. The Morgan fingerprint density at radius 1 is 1.19 bits per heavy atom. The van der Waals surface area contributed by atoms with Gasteiger partial charge in [-0.25, -0.2) is 4.79 Å². The van der Waals surface area contributed by atoms with Crippen molar-refractivity contribution in [1.82, 2.24) is 4.90 Å². The van der Waals surface area contributed by atoms with Gasteiger partial charge in [0.05, 0.1) is 12.2 Å². The molecule has 158 valence electrons. The van der Waals surface area contributed by atoms with E-state index < -0.39 is 17.8 Å². The largest absolute Gasteiger partial charge is 0.462 e. The molecular formula is C24H22N2O5. The molecule has 1 aliphatic heterocycles. The number of hydrogen-bond donors (Lipinski definition) is 0. The quantitative estimate of drug-likeness (QED) is 0.397. The molecule has 0 atom stereocenters. The maximum Gasteiger partial charge on any atom is 0.338 e. The average molecular weight is 418 g/mol. The lowest BCUT2D eigenvalue weighted by Crippen LogP contribution is -2.43. The van der Waals surface area contributed by atoms with E-state index in [2.05, 4.69) is 0 Å². The molecule has 2 amide bonds. The van der Waals surface area contributed by atoms with E-state index in [1.165, 1.54) is 6.08 Å². The summed E-state index contributed by atoms with van der Waals surface area (Å²) >= 11 is 0. The van der Waals surface area contributed by atoms with Gasteiger partial charge in [-0.1, -0.05) is 19.1 Å². The smallest absolute Gasteiger partial charge is 0.338 e. The Kier molecular flexibility index (Phi) is 6.51. The molecule has 7 nitrogen and oxygen atoms in total. The molecule has 0 saturated carbocycles. The van der Waals surface area contributed by atoms with Crippen LogP contribution in [0, 0.1) is 11.3 Å². The standard InChI is InChI=1S/C24H22N2O5/c1-4-11-26-22(27)19(15(3)20(14-25)23(26)28)13-18-9-10-21(31-18)16-7-6-8-17(12-16)24(29)30-5-2/h6-10,12-13H,4-5,11H2,1-3H3/b19-13+. The van der Waals surface area contributed by atoms with Crippen LogP contribution < -0.4 is 0 Å². The highest BCUT2D eigenvalue weighted by Gasteiger charge is 2.35. The van der Waals surface area contributed by atoms with Crippen LogP contribution in [0.3, 0.4) is 0 Å². The lowest BCUT2D eigenvalue weighted by molar-refractivity contribution is -0.140. The van der Waals surface area contributed by atoms with E-state index in [0.717, 1.165) is 4.90 Å². The first-order chi connectivity index (χ1) is 14.9. The molecule has 2 heterocycles. The average Bonchev–Trinajstić information content (AvgIpc) is 3.24. The van der Waals surface area contributed by atoms with Crippen LogP contribution in [0.15, 0.2) is 57.5 Å². The summed E-state index contributed by atoms with van der Waals surface area (Å²) in [7, 11) is 0. The van der Waals surface area contributed by atoms with Gasteiger partial charge in [0.15, 0.2) is 0 Å². The fourth-order valence-electron chi connectivity index (χ4n) is 3.30. The van der Waals surface area contributed by atoms with Crippen LogP contribution in [0.25, 0.3) is 17.4 Å². The number of rotatable bonds is 6. The van der Waals surface area contributed by atoms with Gasteiger partial charge in [-0.15, -0.1) is 0 Å². The molecule has 0 spiro atoms. The molecule has 0 radical (unpaired) electrons. The summed E-state index contributed by atoms with van der Waals surface area (Å²) in [5.74, 6) is -0.547. The first kappa shape index (κ1) is 21.8. The van der Waals surface area contributed by atoms with E-state index in [1.807, 2.05) is 13.0 Å². The summed E-state index contributed by atoms with van der Waals surface area (Å²) in [6.07, 6.45) is 2.12. The third-order valence-corrected chi connectivity index (χ3v) is 4.84.